The first-order chi connectivity index (χ1) is 12.9. The molecule has 4 heteroatoms. The topological polar surface area (TPSA) is 53.1 Å². The second kappa shape index (κ2) is 10.6. The SMILES string of the molecule is CC(C)(C)C1=NCCN1.CC(C)C.CC(C)c1ccc2nc(C(C)C)[nH]c2c1. The van der Waals surface area contributed by atoms with Crippen LogP contribution in [-0.4, -0.2) is 28.9 Å². The normalized spacial score (nSPS) is 13.8. The number of nitrogens with one attached hydrogen (secondary N) is 2. The van der Waals surface area contributed by atoms with Gasteiger partial charge in [0.2, 0.25) is 0 Å². The van der Waals surface area contributed by atoms with E-state index in [9.17, 15) is 0 Å². The van der Waals surface area contributed by atoms with Crippen LogP contribution in [0.5, 0.6) is 0 Å². The van der Waals surface area contributed by atoms with Crippen LogP contribution in [0.15, 0.2) is 23.2 Å². The smallest absolute Gasteiger partial charge is 0.109 e. The van der Waals surface area contributed by atoms with Crippen LogP contribution in [0.3, 0.4) is 0 Å². The Morgan fingerprint density at radius 3 is 1.93 bits per heavy atom. The number of hydrogen-bond acceptors (Lipinski definition) is 3. The zero-order valence-corrected chi connectivity index (χ0v) is 19.8. The van der Waals surface area contributed by atoms with E-state index in [1.165, 1.54) is 5.56 Å². The largest absolute Gasteiger partial charge is 0.372 e. The monoisotopic (exact) mass is 386 g/mol. The molecule has 0 bridgehead atoms. The van der Waals surface area contributed by atoms with Crippen LogP contribution in [0, 0.1) is 11.3 Å². The number of fused-ring (bicyclic) bond motifs is 1. The molecule has 4 nitrogen and oxygen atoms in total. The minimum atomic E-state index is 0.219. The van der Waals surface area contributed by atoms with Gasteiger partial charge in [-0.1, -0.05) is 75.3 Å². The van der Waals surface area contributed by atoms with Gasteiger partial charge in [0.25, 0.3) is 0 Å². The van der Waals surface area contributed by atoms with Crippen LogP contribution in [0.25, 0.3) is 11.0 Å². The third-order valence-corrected chi connectivity index (χ3v) is 4.12. The predicted molar refractivity (Wildman–Crippen MR) is 125 cm³/mol. The molecule has 2 aromatic rings. The van der Waals surface area contributed by atoms with Gasteiger partial charge in [-0.25, -0.2) is 4.98 Å². The molecule has 28 heavy (non-hydrogen) atoms. The molecule has 0 fully saturated rings. The van der Waals surface area contributed by atoms with Crippen molar-refractivity contribution >= 4 is 16.9 Å². The summed E-state index contributed by atoms with van der Waals surface area (Å²) in [6.07, 6.45) is 0. The summed E-state index contributed by atoms with van der Waals surface area (Å²) in [7, 11) is 0. The van der Waals surface area contributed by atoms with Gasteiger partial charge in [0.05, 0.1) is 17.6 Å². The first-order valence-corrected chi connectivity index (χ1v) is 10.7. The third-order valence-electron chi connectivity index (χ3n) is 4.12. The van der Waals surface area contributed by atoms with E-state index in [0.29, 0.717) is 11.8 Å². The highest BCUT2D eigenvalue weighted by Crippen LogP contribution is 2.22. The van der Waals surface area contributed by atoms with Crippen molar-refractivity contribution in [2.45, 2.75) is 81.1 Å². The van der Waals surface area contributed by atoms with Crippen molar-refractivity contribution in [3.05, 3.63) is 29.6 Å². The molecule has 1 aromatic carbocycles. The Hall–Kier alpha value is -1.84. The van der Waals surface area contributed by atoms with Crippen LogP contribution in [0.1, 0.15) is 92.5 Å². The van der Waals surface area contributed by atoms with Crippen molar-refractivity contribution in [2.75, 3.05) is 13.1 Å². The van der Waals surface area contributed by atoms with Crippen molar-refractivity contribution in [1.82, 2.24) is 15.3 Å². The molecule has 1 aliphatic rings. The van der Waals surface area contributed by atoms with E-state index in [2.05, 4.69) is 108 Å². The molecule has 158 valence electrons. The summed E-state index contributed by atoms with van der Waals surface area (Å²) in [6, 6.07) is 6.48. The quantitative estimate of drug-likeness (QED) is 0.618. The summed E-state index contributed by atoms with van der Waals surface area (Å²) in [4.78, 5) is 12.2. The molecular weight excluding hydrogens is 344 g/mol. The van der Waals surface area contributed by atoms with E-state index in [0.717, 1.165) is 41.7 Å². The first kappa shape index (κ1) is 24.2. The summed E-state index contributed by atoms with van der Waals surface area (Å²) in [5, 5.41) is 3.25. The minimum Gasteiger partial charge on any atom is -0.372 e. The zero-order valence-electron chi connectivity index (χ0n) is 19.8. The van der Waals surface area contributed by atoms with Gasteiger partial charge in [0.1, 0.15) is 11.7 Å². The van der Waals surface area contributed by atoms with Crippen LogP contribution in [0.4, 0.5) is 0 Å². The molecule has 0 amide bonds. The van der Waals surface area contributed by atoms with Crippen LogP contribution >= 0.6 is 0 Å². The molecule has 0 unspecified atom stereocenters. The molecule has 0 spiro atoms. The Morgan fingerprint density at radius 2 is 1.54 bits per heavy atom. The first-order valence-electron chi connectivity index (χ1n) is 10.7. The molecule has 3 rings (SSSR count). The number of aromatic nitrogens is 2. The molecule has 2 heterocycles. The highest BCUT2D eigenvalue weighted by atomic mass is 15.1. The van der Waals surface area contributed by atoms with Crippen LogP contribution in [0.2, 0.25) is 0 Å². The van der Waals surface area contributed by atoms with Gasteiger partial charge in [0, 0.05) is 17.9 Å². The molecule has 0 saturated carbocycles. The predicted octanol–water partition coefficient (Wildman–Crippen LogP) is 6.51. The van der Waals surface area contributed by atoms with E-state index in [-0.39, 0.29) is 5.41 Å². The Kier molecular flexibility index (Phi) is 9.19. The third kappa shape index (κ3) is 8.04. The highest BCUT2D eigenvalue weighted by molar-refractivity contribution is 5.88. The van der Waals surface area contributed by atoms with E-state index < -0.39 is 0 Å². The second-order valence-electron chi connectivity index (χ2n) is 9.85. The number of aromatic amines is 1. The van der Waals surface area contributed by atoms with Gasteiger partial charge in [-0.05, 0) is 29.5 Å². The summed E-state index contributed by atoms with van der Waals surface area (Å²) >= 11 is 0. The number of benzene rings is 1. The maximum Gasteiger partial charge on any atom is 0.109 e. The van der Waals surface area contributed by atoms with Gasteiger partial charge in [0.15, 0.2) is 0 Å². The number of aliphatic imine (C=N–C) groups is 1. The molecule has 0 atom stereocenters. The van der Waals surface area contributed by atoms with E-state index in [4.69, 9.17) is 0 Å². The summed E-state index contributed by atoms with van der Waals surface area (Å²) < 4.78 is 0. The highest BCUT2D eigenvalue weighted by Gasteiger charge is 2.20. The number of hydrogen-bond donors (Lipinski definition) is 2. The van der Waals surface area contributed by atoms with E-state index >= 15 is 0 Å². The molecule has 1 aromatic heterocycles. The molecule has 0 saturated heterocycles. The lowest BCUT2D eigenvalue weighted by Crippen LogP contribution is -2.31. The maximum atomic E-state index is 4.56. The lowest BCUT2D eigenvalue weighted by molar-refractivity contribution is 0.575. The number of H-pyrrole nitrogens is 1. The van der Waals surface area contributed by atoms with Crippen molar-refractivity contribution in [3.63, 3.8) is 0 Å². The average Bonchev–Trinajstić information content (AvgIpc) is 3.23. The Labute approximate surface area is 172 Å². The summed E-state index contributed by atoms with van der Waals surface area (Å²) in [6.45, 7) is 23.7. The second-order valence-corrected chi connectivity index (χ2v) is 9.85. The van der Waals surface area contributed by atoms with Gasteiger partial charge in [-0.2, -0.15) is 0 Å². The van der Waals surface area contributed by atoms with Crippen LogP contribution < -0.4 is 5.32 Å². The molecule has 1 aliphatic heterocycles. The van der Waals surface area contributed by atoms with Crippen molar-refractivity contribution in [2.24, 2.45) is 16.3 Å². The number of nitrogens with zero attached hydrogens (tertiary/aromatic N) is 2. The number of imidazole rings is 1. The fraction of sp³-hybridized carbons (Fsp3) is 0.667. The van der Waals surface area contributed by atoms with E-state index in [1.807, 2.05) is 0 Å². The average molecular weight is 387 g/mol. The molecule has 0 radical (unpaired) electrons. The van der Waals surface area contributed by atoms with Crippen molar-refractivity contribution in [3.8, 4) is 0 Å². The Balaban J connectivity index is 0.000000256. The van der Waals surface area contributed by atoms with E-state index in [1.54, 1.807) is 0 Å². The number of amidine groups is 1. The van der Waals surface area contributed by atoms with Gasteiger partial charge >= 0.3 is 0 Å². The maximum absolute atomic E-state index is 4.56. The van der Waals surface area contributed by atoms with Gasteiger partial charge in [-0.3, -0.25) is 4.99 Å². The van der Waals surface area contributed by atoms with Crippen molar-refractivity contribution < 1.29 is 0 Å². The van der Waals surface area contributed by atoms with Crippen LogP contribution in [-0.2, 0) is 0 Å². The summed E-state index contributed by atoms with van der Waals surface area (Å²) in [5.74, 6) is 4.09. The summed E-state index contributed by atoms with van der Waals surface area (Å²) in [5.41, 5.74) is 3.81. The lowest BCUT2D eigenvalue weighted by atomic mass is 9.95. The fourth-order valence-corrected chi connectivity index (χ4v) is 2.58. The lowest BCUT2D eigenvalue weighted by Gasteiger charge is -2.18. The van der Waals surface area contributed by atoms with Crippen molar-refractivity contribution in [1.29, 1.82) is 0 Å². The number of rotatable bonds is 2. The standard InChI is InChI=1S/C13H18N2.C7H14N2.C4H10/c1-8(2)10-5-6-11-12(7-10)15-13(14-11)9(3)4;1-7(2,3)6-8-4-5-9-6;1-4(2)3/h5-9H,1-4H3,(H,14,15);4-5H2,1-3H3,(H,8,9);4H,1-3H3. The van der Waals surface area contributed by atoms with Gasteiger partial charge < -0.3 is 10.3 Å². The molecule has 2 N–H and O–H groups in total. The minimum absolute atomic E-state index is 0.219. The fourth-order valence-electron chi connectivity index (χ4n) is 2.58. The molecule has 0 aliphatic carbocycles. The zero-order chi connectivity index (χ0) is 21.5. The molecular formula is C24H42N4. The van der Waals surface area contributed by atoms with Gasteiger partial charge in [-0.15, -0.1) is 0 Å². The Morgan fingerprint density at radius 1 is 0.929 bits per heavy atom. The Bertz CT molecular complexity index is 737.